The maximum Gasteiger partial charge on any atom is 0.289 e. The molecular formula is C24H30ClN3O3S. The van der Waals surface area contributed by atoms with Crippen molar-refractivity contribution < 1.29 is 14.3 Å². The van der Waals surface area contributed by atoms with Crippen LogP contribution in [0.2, 0.25) is 0 Å². The van der Waals surface area contributed by atoms with E-state index in [0.29, 0.717) is 13.0 Å². The van der Waals surface area contributed by atoms with Crippen molar-refractivity contribution in [1.29, 1.82) is 0 Å². The number of rotatable bonds is 8. The second-order valence-corrected chi connectivity index (χ2v) is 9.06. The number of piperazine rings is 1. The third-order valence-electron chi connectivity index (χ3n) is 5.92. The Morgan fingerprint density at radius 3 is 2.34 bits per heavy atom. The minimum absolute atomic E-state index is 0. The maximum atomic E-state index is 12.7. The lowest BCUT2D eigenvalue weighted by molar-refractivity contribution is -0.126. The molecule has 1 unspecified atom stereocenters. The van der Waals surface area contributed by atoms with Crippen LogP contribution in [0.15, 0.2) is 54.6 Å². The van der Waals surface area contributed by atoms with Gasteiger partial charge in [-0.05, 0) is 37.1 Å². The largest absolute Gasteiger partial charge is 0.495 e. The molecule has 2 saturated heterocycles. The number of nitrogens with zero attached hydrogens (tertiary/aromatic N) is 3. The molecule has 0 N–H and O–H groups in total. The van der Waals surface area contributed by atoms with Gasteiger partial charge in [0.15, 0.2) is 0 Å². The number of methoxy groups -OCH3 is 1. The zero-order valence-electron chi connectivity index (χ0n) is 18.3. The third kappa shape index (κ3) is 5.77. The second-order valence-electron chi connectivity index (χ2n) is 7.91. The zero-order valence-corrected chi connectivity index (χ0v) is 19.9. The van der Waals surface area contributed by atoms with Gasteiger partial charge in [0.1, 0.15) is 5.75 Å². The molecule has 4 rings (SSSR count). The number of benzene rings is 2. The first-order valence-corrected chi connectivity index (χ1v) is 11.7. The van der Waals surface area contributed by atoms with Crippen LogP contribution in [0.1, 0.15) is 12.0 Å². The summed E-state index contributed by atoms with van der Waals surface area (Å²) in [5.74, 6) is 0.865. The highest BCUT2D eigenvalue weighted by Crippen LogP contribution is 2.30. The molecule has 2 aromatic carbocycles. The van der Waals surface area contributed by atoms with Crippen LogP contribution in [0.3, 0.4) is 0 Å². The van der Waals surface area contributed by atoms with E-state index in [4.69, 9.17) is 4.74 Å². The zero-order chi connectivity index (χ0) is 21.6. The lowest BCUT2D eigenvalue weighted by Gasteiger charge is -2.36. The molecule has 0 bridgehead atoms. The number of carbonyl (C=O) groups is 2. The molecule has 0 saturated carbocycles. The number of hydrogen-bond acceptors (Lipinski definition) is 6. The summed E-state index contributed by atoms with van der Waals surface area (Å²) < 4.78 is 5.49. The summed E-state index contributed by atoms with van der Waals surface area (Å²) in [6, 6.07) is 18.0. The van der Waals surface area contributed by atoms with E-state index in [0.717, 1.165) is 56.1 Å². The van der Waals surface area contributed by atoms with E-state index in [1.807, 2.05) is 48.5 Å². The molecule has 0 aliphatic carbocycles. The number of anilines is 1. The van der Waals surface area contributed by atoms with Gasteiger partial charge in [-0.1, -0.05) is 54.2 Å². The van der Waals surface area contributed by atoms with Crippen molar-refractivity contribution in [2.45, 2.75) is 18.1 Å². The number of ether oxygens (including phenoxy) is 1. The van der Waals surface area contributed by atoms with Crippen LogP contribution >= 0.6 is 24.2 Å². The van der Waals surface area contributed by atoms with Crippen molar-refractivity contribution in [2.75, 3.05) is 51.3 Å². The Kier molecular flexibility index (Phi) is 8.84. The van der Waals surface area contributed by atoms with E-state index in [1.54, 1.807) is 7.11 Å². The van der Waals surface area contributed by atoms with Gasteiger partial charge in [0.25, 0.3) is 5.24 Å². The average molecular weight is 476 g/mol. The predicted octanol–water partition coefficient (Wildman–Crippen LogP) is 3.94. The molecule has 6 nitrogen and oxygen atoms in total. The summed E-state index contributed by atoms with van der Waals surface area (Å²) in [6.45, 7) is 5.21. The lowest BCUT2D eigenvalue weighted by atomic mass is 10.1. The molecule has 2 amide bonds. The van der Waals surface area contributed by atoms with Gasteiger partial charge < -0.3 is 9.64 Å². The molecule has 2 aliphatic heterocycles. The average Bonchev–Trinajstić information content (AvgIpc) is 3.07. The molecule has 0 aromatic heterocycles. The fraction of sp³-hybridized carbons (Fsp3) is 0.417. The minimum Gasteiger partial charge on any atom is -0.495 e. The van der Waals surface area contributed by atoms with Gasteiger partial charge in [0.05, 0.1) is 18.0 Å². The van der Waals surface area contributed by atoms with Crippen LogP contribution in [0.5, 0.6) is 5.75 Å². The summed E-state index contributed by atoms with van der Waals surface area (Å²) in [4.78, 5) is 31.3. The quantitative estimate of drug-likeness (QED) is 0.576. The van der Waals surface area contributed by atoms with Crippen LogP contribution in [0, 0.1) is 0 Å². The Morgan fingerprint density at radius 1 is 0.938 bits per heavy atom. The number of para-hydroxylation sites is 2. The van der Waals surface area contributed by atoms with Gasteiger partial charge in [0, 0.05) is 32.7 Å². The van der Waals surface area contributed by atoms with Crippen molar-refractivity contribution in [1.82, 2.24) is 9.80 Å². The fourth-order valence-corrected chi connectivity index (χ4v) is 5.27. The summed E-state index contributed by atoms with van der Waals surface area (Å²) in [6.07, 6.45) is 1.42. The molecule has 0 radical (unpaired) electrons. The molecule has 172 valence electrons. The SMILES string of the molecule is COc1ccccc1N1CCN(CCCN2C(=O)SC(Cc3ccccc3)C2=O)CC1.Cl. The van der Waals surface area contributed by atoms with Gasteiger partial charge in [0.2, 0.25) is 5.91 Å². The molecule has 0 spiro atoms. The summed E-state index contributed by atoms with van der Waals surface area (Å²) >= 11 is 1.17. The molecule has 32 heavy (non-hydrogen) atoms. The fourth-order valence-electron chi connectivity index (χ4n) is 4.21. The van der Waals surface area contributed by atoms with E-state index < -0.39 is 0 Å². The highest BCUT2D eigenvalue weighted by atomic mass is 35.5. The number of amides is 2. The van der Waals surface area contributed by atoms with E-state index in [2.05, 4.69) is 15.9 Å². The normalized spacial score (nSPS) is 19.2. The van der Waals surface area contributed by atoms with Crippen molar-refractivity contribution in [3.8, 4) is 5.75 Å². The van der Waals surface area contributed by atoms with Crippen LogP contribution in [-0.2, 0) is 11.2 Å². The number of thioether (sulfide) groups is 1. The Hall–Kier alpha value is -2.22. The van der Waals surface area contributed by atoms with E-state index >= 15 is 0 Å². The lowest BCUT2D eigenvalue weighted by Crippen LogP contribution is -2.47. The topological polar surface area (TPSA) is 53.1 Å². The van der Waals surface area contributed by atoms with Crippen LogP contribution < -0.4 is 9.64 Å². The maximum absolute atomic E-state index is 12.7. The molecule has 2 aliphatic rings. The van der Waals surface area contributed by atoms with E-state index in [-0.39, 0.29) is 28.8 Å². The summed E-state index contributed by atoms with van der Waals surface area (Å²) in [5.41, 5.74) is 2.23. The van der Waals surface area contributed by atoms with E-state index in [9.17, 15) is 9.59 Å². The third-order valence-corrected chi connectivity index (χ3v) is 7.00. The Bertz CT molecular complexity index is 906. The van der Waals surface area contributed by atoms with Gasteiger partial charge in [-0.3, -0.25) is 19.4 Å². The Labute approximate surface area is 200 Å². The highest BCUT2D eigenvalue weighted by molar-refractivity contribution is 8.15. The van der Waals surface area contributed by atoms with Crippen LogP contribution in [0.4, 0.5) is 10.5 Å². The smallest absolute Gasteiger partial charge is 0.289 e. The summed E-state index contributed by atoms with van der Waals surface area (Å²) in [7, 11) is 1.71. The van der Waals surface area contributed by atoms with E-state index in [1.165, 1.54) is 16.7 Å². The molecular weight excluding hydrogens is 446 g/mol. The number of carbonyl (C=O) groups excluding carboxylic acids is 2. The molecule has 2 aromatic rings. The monoisotopic (exact) mass is 475 g/mol. The van der Waals surface area contributed by atoms with Crippen molar-refractivity contribution in [2.24, 2.45) is 0 Å². The Balaban J connectivity index is 0.00000289. The first kappa shape index (κ1) is 24.4. The van der Waals surface area contributed by atoms with Crippen molar-refractivity contribution >= 4 is 41.0 Å². The number of imide groups is 1. The number of halogens is 1. The second kappa shape index (κ2) is 11.6. The van der Waals surface area contributed by atoms with Gasteiger partial charge >= 0.3 is 0 Å². The van der Waals surface area contributed by atoms with Gasteiger partial charge in [-0.15, -0.1) is 12.4 Å². The molecule has 8 heteroatoms. The van der Waals surface area contributed by atoms with Crippen LogP contribution in [0.25, 0.3) is 0 Å². The van der Waals surface area contributed by atoms with Gasteiger partial charge in [-0.25, -0.2) is 0 Å². The first-order valence-electron chi connectivity index (χ1n) is 10.8. The first-order chi connectivity index (χ1) is 15.2. The standard InChI is InChI=1S/C24H29N3O3S.ClH/c1-30-21-11-6-5-10-20(21)26-16-14-25(15-17-26)12-7-13-27-23(28)22(31-24(27)29)18-19-8-3-2-4-9-19;/h2-6,8-11,22H,7,12-18H2,1H3;1H. The predicted molar refractivity (Wildman–Crippen MR) is 132 cm³/mol. The van der Waals surface area contributed by atoms with Crippen LogP contribution in [-0.4, -0.2) is 72.6 Å². The molecule has 2 heterocycles. The molecule has 2 fully saturated rings. The minimum atomic E-state index is -0.292. The summed E-state index contributed by atoms with van der Waals surface area (Å²) in [5, 5.41) is -0.397. The Morgan fingerprint density at radius 2 is 1.62 bits per heavy atom. The number of hydrogen-bond donors (Lipinski definition) is 0. The molecule has 1 atom stereocenters. The highest BCUT2D eigenvalue weighted by Gasteiger charge is 2.39. The van der Waals surface area contributed by atoms with Crippen molar-refractivity contribution in [3.05, 3.63) is 60.2 Å². The van der Waals surface area contributed by atoms with Gasteiger partial charge in [-0.2, -0.15) is 0 Å². The van der Waals surface area contributed by atoms with Crippen molar-refractivity contribution in [3.63, 3.8) is 0 Å².